The SMILES string of the molecule is Cc1onc(-c2ccccc2)c1COc1ccc(C(=O)N2CCCn3nccc32)cn1. The van der Waals surface area contributed by atoms with E-state index < -0.39 is 0 Å². The maximum absolute atomic E-state index is 12.9. The van der Waals surface area contributed by atoms with Gasteiger partial charge >= 0.3 is 0 Å². The Kier molecular flexibility index (Phi) is 4.95. The molecule has 0 spiro atoms. The molecule has 3 aromatic heterocycles. The zero-order valence-corrected chi connectivity index (χ0v) is 17.1. The fourth-order valence-electron chi connectivity index (χ4n) is 3.70. The van der Waals surface area contributed by atoms with Gasteiger partial charge in [0.25, 0.3) is 5.91 Å². The average Bonchev–Trinajstić information content (AvgIpc) is 3.44. The van der Waals surface area contributed by atoms with E-state index in [-0.39, 0.29) is 12.5 Å². The van der Waals surface area contributed by atoms with Gasteiger partial charge in [-0.1, -0.05) is 35.5 Å². The number of carbonyl (C=O) groups is 1. The lowest BCUT2D eigenvalue weighted by molar-refractivity contribution is 0.0980. The van der Waals surface area contributed by atoms with Crippen LogP contribution in [0.4, 0.5) is 5.82 Å². The van der Waals surface area contributed by atoms with Gasteiger partial charge in [0.2, 0.25) is 5.88 Å². The first kappa shape index (κ1) is 19.0. The summed E-state index contributed by atoms with van der Waals surface area (Å²) in [6.07, 6.45) is 4.13. The molecule has 8 heteroatoms. The minimum atomic E-state index is -0.0956. The van der Waals surface area contributed by atoms with Crippen molar-refractivity contribution in [3.8, 4) is 17.1 Å². The third-order valence-electron chi connectivity index (χ3n) is 5.35. The number of hydrogen-bond donors (Lipinski definition) is 0. The van der Waals surface area contributed by atoms with Crippen molar-refractivity contribution in [1.29, 1.82) is 0 Å². The van der Waals surface area contributed by atoms with E-state index >= 15 is 0 Å². The fourth-order valence-corrected chi connectivity index (χ4v) is 3.70. The summed E-state index contributed by atoms with van der Waals surface area (Å²) < 4.78 is 13.1. The summed E-state index contributed by atoms with van der Waals surface area (Å²) in [5.74, 6) is 1.85. The molecule has 1 amide bonds. The third-order valence-corrected chi connectivity index (χ3v) is 5.35. The molecular weight excluding hydrogens is 394 g/mol. The summed E-state index contributed by atoms with van der Waals surface area (Å²) in [5, 5.41) is 8.42. The zero-order valence-electron chi connectivity index (χ0n) is 17.1. The number of aromatic nitrogens is 4. The number of pyridine rings is 1. The molecule has 1 aliphatic heterocycles. The Morgan fingerprint density at radius 3 is 2.81 bits per heavy atom. The number of benzene rings is 1. The van der Waals surface area contributed by atoms with Crippen LogP contribution in [0.15, 0.2) is 65.4 Å². The minimum Gasteiger partial charge on any atom is -0.473 e. The van der Waals surface area contributed by atoms with Gasteiger partial charge in [-0.2, -0.15) is 5.10 Å². The summed E-state index contributed by atoms with van der Waals surface area (Å²) >= 11 is 0. The van der Waals surface area contributed by atoms with E-state index in [1.807, 2.05) is 48.0 Å². The van der Waals surface area contributed by atoms with Crippen LogP contribution in [0.3, 0.4) is 0 Å². The summed E-state index contributed by atoms with van der Waals surface area (Å²) in [7, 11) is 0. The van der Waals surface area contributed by atoms with Crippen LogP contribution in [0.1, 0.15) is 28.1 Å². The number of aryl methyl sites for hydroxylation is 2. The summed E-state index contributed by atoms with van der Waals surface area (Å²) in [5.41, 5.74) is 3.10. The van der Waals surface area contributed by atoms with Crippen molar-refractivity contribution in [2.24, 2.45) is 0 Å². The molecule has 31 heavy (non-hydrogen) atoms. The van der Waals surface area contributed by atoms with Gasteiger partial charge < -0.3 is 9.26 Å². The molecular formula is C23H21N5O3. The van der Waals surface area contributed by atoms with Gasteiger partial charge in [0.1, 0.15) is 23.9 Å². The Balaban J connectivity index is 1.29. The summed E-state index contributed by atoms with van der Waals surface area (Å²) in [6, 6.07) is 15.1. The van der Waals surface area contributed by atoms with Gasteiger partial charge in [0.05, 0.1) is 17.3 Å². The van der Waals surface area contributed by atoms with Crippen LogP contribution >= 0.6 is 0 Å². The largest absolute Gasteiger partial charge is 0.473 e. The van der Waals surface area contributed by atoms with Crippen molar-refractivity contribution >= 4 is 11.7 Å². The number of fused-ring (bicyclic) bond motifs is 1. The first-order valence-corrected chi connectivity index (χ1v) is 10.1. The minimum absolute atomic E-state index is 0.0956. The van der Waals surface area contributed by atoms with E-state index in [9.17, 15) is 4.79 Å². The van der Waals surface area contributed by atoms with Crippen LogP contribution in [0, 0.1) is 6.92 Å². The number of rotatable bonds is 5. The molecule has 5 rings (SSSR count). The highest BCUT2D eigenvalue weighted by Gasteiger charge is 2.24. The van der Waals surface area contributed by atoms with Crippen molar-refractivity contribution in [2.45, 2.75) is 26.5 Å². The lowest BCUT2D eigenvalue weighted by Gasteiger charge is -2.27. The molecule has 0 saturated carbocycles. The molecule has 0 atom stereocenters. The van der Waals surface area contributed by atoms with E-state index in [1.54, 1.807) is 29.4 Å². The molecule has 0 aliphatic carbocycles. The Labute approximate surface area is 179 Å². The van der Waals surface area contributed by atoms with Crippen molar-refractivity contribution in [2.75, 3.05) is 11.4 Å². The predicted octanol–water partition coefficient (Wildman–Crippen LogP) is 3.87. The molecule has 4 heterocycles. The van der Waals surface area contributed by atoms with Gasteiger partial charge in [-0.15, -0.1) is 0 Å². The maximum Gasteiger partial charge on any atom is 0.260 e. The number of amides is 1. The van der Waals surface area contributed by atoms with Crippen LogP contribution in [-0.2, 0) is 13.2 Å². The summed E-state index contributed by atoms with van der Waals surface area (Å²) in [6.45, 7) is 3.62. The number of carbonyl (C=O) groups excluding carboxylic acids is 1. The molecule has 0 bridgehead atoms. The molecule has 8 nitrogen and oxygen atoms in total. The maximum atomic E-state index is 12.9. The topological polar surface area (TPSA) is 86.3 Å². The molecule has 0 N–H and O–H groups in total. The fraction of sp³-hybridized carbons (Fsp3) is 0.217. The normalized spacial score (nSPS) is 13.1. The van der Waals surface area contributed by atoms with Gasteiger partial charge in [0, 0.05) is 37.0 Å². The van der Waals surface area contributed by atoms with E-state index in [1.165, 1.54) is 0 Å². The molecule has 1 aliphatic rings. The van der Waals surface area contributed by atoms with Crippen LogP contribution in [0.5, 0.6) is 5.88 Å². The van der Waals surface area contributed by atoms with Crippen LogP contribution in [0.25, 0.3) is 11.3 Å². The highest BCUT2D eigenvalue weighted by Crippen LogP contribution is 2.26. The smallest absolute Gasteiger partial charge is 0.260 e. The monoisotopic (exact) mass is 415 g/mol. The molecule has 156 valence electrons. The Bertz CT molecular complexity index is 1200. The highest BCUT2D eigenvalue weighted by molar-refractivity contribution is 6.05. The number of nitrogens with zero attached hydrogens (tertiary/aromatic N) is 5. The van der Waals surface area contributed by atoms with E-state index in [2.05, 4.69) is 15.2 Å². The number of hydrogen-bond acceptors (Lipinski definition) is 6. The Hall–Kier alpha value is -3.94. The molecule has 0 fully saturated rings. The van der Waals surface area contributed by atoms with Crippen molar-refractivity contribution < 1.29 is 14.1 Å². The molecule has 0 unspecified atom stereocenters. The van der Waals surface area contributed by atoms with Gasteiger partial charge in [-0.05, 0) is 19.4 Å². The standard InChI is InChI=1S/C23H21N5O3/c1-16-19(22(26-31-16)17-6-3-2-4-7-17)15-30-20-9-8-18(14-24-20)23(29)27-12-5-13-28-21(27)10-11-25-28/h2-4,6-11,14H,5,12-13,15H2,1H3. The van der Waals surface area contributed by atoms with E-state index in [4.69, 9.17) is 9.26 Å². The second-order valence-corrected chi connectivity index (χ2v) is 7.33. The number of ether oxygens (including phenoxy) is 1. The third kappa shape index (κ3) is 3.68. The lowest BCUT2D eigenvalue weighted by Crippen LogP contribution is -2.37. The van der Waals surface area contributed by atoms with Gasteiger partial charge in [-0.3, -0.25) is 9.69 Å². The van der Waals surface area contributed by atoms with Gasteiger partial charge in [0.15, 0.2) is 0 Å². The first-order chi connectivity index (χ1) is 15.2. The zero-order chi connectivity index (χ0) is 21.2. The van der Waals surface area contributed by atoms with Crippen LogP contribution < -0.4 is 9.64 Å². The second-order valence-electron chi connectivity index (χ2n) is 7.33. The molecule has 0 saturated heterocycles. The number of anilines is 1. The second kappa shape index (κ2) is 8.06. The molecule has 4 aromatic rings. The van der Waals surface area contributed by atoms with E-state index in [0.29, 0.717) is 23.7 Å². The van der Waals surface area contributed by atoms with Crippen molar-refractivity contribution in [3.05, 3.63) is 77.8 Å². The molecule has 0 radical (unpaired) electrons. The van der Waals surface area contributed by atoms with Crippen LogP contribution in [-0.4, -0.2) is 32.4 Å². The Morgan fingerprint density at radius 2 is 2.00 bits per heavy atom. The van der Waals surface area contributed by atoms with Crippen molar-refractivity contribution in [1.82, 2.24) is 19.9 Å². The van der Waals surface area contributed by atoms with Crippen molar-refractivity contribution in [3.63, 3.8) is 0 Å². The summed E-state index contributed by atoms with van der Waals surface area (Å²) in [4.78, 5) is 19.0. The van der Waals surface area contributed by atoms with Crippen LogP contribution in [0.2, 0.25) is 0 Å². The molecule has 1 aromatic carbocycles. The van der Waals surface area contributed by atoms with E-state index in [0.717, 1.165) is 35.6 Å². The lowest BCUT2D eigenvalue weighted by atomic mass is 10.1. The highest BCUT2D eigenvalue weighted by atomic mass is 16.5. The quantitative estimate of drug-likeness (QED) is 0.492. The predicted molar refractivity (Wildman–Crippen MR) is 114 cm³/mol. The average molecular weight is 415 g/mol. The Morgan fingerprint density at radius 1 is 1.13 bits per heavy atom. The van der Waals surface area contributed by atoms with Gasteiger partial charge in [-0.25, -0.2) is 9.67 Å². The first-order valence-electron chi connectivity index (χ1n) is 10.1.